The Morgan fingerprint density at radius 1 is 1.36 bits per heavy atom. The molecule has 0 aromatic carbocycles. The molecule has 1 aliphatic heterocycles. The van der Waals surface area contributed by atoms with Crippen LogP contribution < -0.4 is 15.5 Å². The first-order valence-electron chi connectivity index (χ1n) is 8.66. The summed E-state index contributed by atoms with van der Waals surface area (Å²) in [6, 6.07) is 6.63. The summed E-state index contributed by atoms with van der Waals surface area (Å²) in [5.74, 6) is 1.82. The van der Waals surface area contributed by atoms with E-state index < -0.39 is 0 Å². The van der Waals surface area contributed by atoms with Gasteiger partial charge in [0.05, 0.1) is 0 Å². The smallest absolute Gasteiger partial charge is 0.134 e. The van der Waals surface area contributed by atoms with Crippen LogP contribution in [-0.4, -0.2) is 40.7 Å². The summed E-state index contributed by atoms with van der Waals surface area (Å²) < 4.78 is 1.94. The van der Waals surface area contributed by atoms with Crippen LogP contribution in [0.1, 0.15) is 29.8 Å². The Kier molecular flexibility index (Phi) is 5.19. The normalized spacial score (nSPS) is 16.9. The largest absolute Gasteiger partial charge is 0.373 e. The lowest BCUT2D eigenvalue weighted by molar-refractivity contribution is 0.569. The zero-order valence-corrected chi connectivity index (χ0v) is 15.1. The maximum absolute atomic E-state index is 9.14. The van der Waals surface area contributed by atoms with E-state index in [1.807, 2.05) is 30.8 Å². The molecule has 1 fully saturated rings. The summed E-state index contributed by atoms with van der Waals surface area (Å²) in [7, 11) is 3.80. The zero-order valence-electron chi connectivity index (χ0n) is 15.1. The quantitative estimate of drug-likeness (QED) is 0.835. The maximum atomic E-state index is 9.14. The molecule has 0 amide bonds. The fourth-order valence-corrected chi connectivity index (χ4v) is 3.41. The van der Waals surface area contributed by atoms with Gasteiger partial charge in [-0.2, -0.15) is 5.26 Å². The SMILES string of the molecule is CNc1cc(N2CCC[C@H]2CNCc2cc(C#N)n(C)c2C)ncn1. The first-order chi connectivity index (χ1) is 12.1. The van der Waals surface area contributed by atoms with E-state index in [1.54, 1.807) is 6.33 Å². The van der Waals surface area contributed by atoms with Crippen LogP contribution >= 0.6 is 0 Å². The van der Waals surface area contributed by atoms with Gasteiger partial charge in [0.1, 0.15) is 29.7 Å². The number of anilines is 2. The molecule has 2 aromatic heterocycles. The Morgan fingerprint density at radius 2 is 2.20 bits per heavy atom. The monoisotopic (exact) mass is 339 g/mol. The van der Waals surface area contributed by atoms with E-state index in [-0.39, 0.29) is 0 Å². The van der Waals surface area contributed by atoms with Crippen molar-refractivity contribution in [2.24, 2.45) is 7.05 Å². The lowest BCUT2D eigenvalue weighted by Gasteiger charge is -2.26. The van der Waals surface area contributed by atoms with Crippen molar-refractivity contribution in [2.75, 3.05) is 30.4 Å². The Balaban J connectivity index is 1.62. The lowest BCUT2D eigenvalue weighted by atomic mass is 10.2. The molecule has 0 bridgehead atoms. The molecule has 7 heteroatoms. The zero-order chi connectivity index (χ0) is 17.8. The van der Waals surface area contributed by atoms with Gasteiger partial charge in [0.2, 0.25) is 0 Å². The summed E-state index contributed by atoms with van der Waals surface area (Å²) in [5.41, 5.74) is 3.03. The van der Waals surface area contributed by atoms with E-state index in [4.69, 9.17) is 5.26 Å². The standard InChI is InChI=1S/C18H25N7/c1-13-14(7-16(9-19)24(13)3)10-21-11-15-5-4-6-25(15)18-8-17(20-2)22-12-23-18/h7-8,12,15,21H,4-6,10-11H2,1-3H3,(H,20,22,23)/t15-/m0/s1. The van der Waals surface area contributed by atoms with Crippen LogP contribution in [0.2, 0.25) is 0 Å². The first kappa shape index (κ1) is 17.2. The molecule has 3 heterocycles. The van der Waals surface area contributed by atoms with E-state index in [2.05, 4.69) is 38.5 Å². The van der Waals surface area contributed by atoms with Crippen molar-refractivity contribution in [3.8, 4) is 6.07 Å². The fraction of sp³-hybridized carbons (Fsp3) is 0.500. The van der Waals surface area contributed by atoms with Crippen molar-refractivity contribution >= 4 is 11.6 Å². The summed E-state index contributed by atoms with van der Waals surface area (Å²) in [6.07, 6.45) is 3.94. The minimum absolute atomic E-state index is 0.430. The van der Waals surface area contributed by atoms with Crippen LogP contribution in [0.25, 0.3) is 0 Å². The molecule has 1 aliphatic rings. The molecule has 0 spiro atoms. The Labute approximate surface area is 148 Å². The molecule has 2 aromatic rings. The van der Waals surface area contributed by atoms with Gasteiger partial charge in [-0.05, 0) is 31.4 Å². The third kappa shape index (κ3) is 3.59. The topological polar surface area (TPSA) is 81.8 Å². The Bertz CT molecular complexity index is 774. The van der Waals surface area contributed by atoms with Crippen LogP contribution in [-0.2, 0) is 13.6 Å². The Morgan fingerprint density at radius 3 is 2.92 bits per heavy atom. The third-order valence-corrected chi connectivity index (χ3v) is 5.03. The van der Waals surface area contributed by atoms with E-state index in [1.165, 1.54) is 12.0 Å². The van der Waals surface area contributed by atoms with Gasteiger partial charge in [-0.15, -0.1) is 0 Å². The third-order valence-electron chi connectivity index (χ3n) is 5.03. The van der Waals surface area contributed by atoms with Crippen molar-refractivity contribution in [1.29, 1.82) is 5.26 Å². The average Bonchev–Trinajstić information content (AvgIpc) is 3.21. The number of nitrogens with one attached hydrogen (secondary N) is 2. The van der Waals surface area contributed by atoms with Crippen molar-refractivity contribution in [2.45, 2.75) is 32.4 Å². The molecule has 7 nitrogen and oxygen atoms in total. The molecule has 3 rings (SSSR count). The second-order valence-electron chi connectivity index (χ2n) is 6.44. The van der Waals surface area contributed by atoms with Gasteiger partial charge in [-0.1, -0.05) is 0 Å². The minimum atomic E-state index is 0.430. The molecule has 1 saturated heterocycles. The van der Waals surface area contributed by atoms with Gasteiger partial charge >= 0.3 is 0 Å². The number of aromatic nitrogens is 3. The highest BCUT2D eigenvalue weighted by molar-refractivity contribution is 5.49. The Hall–Kier alpha value is -2.59. The van der Waals surface area contributed by atoms with E-state index in [0.29, 0.717) is 11.7 Å². The number of hydrogen-bond acceptors (Lipinski definition) is 6. The van der Waals surface area contributed by atoms with Crippen LogP contribution in [0.15, 0.2) is 18.5 Å². The predicted octanol–water partition coefficient (Wildman–Crippen LogP) is 1.80. The number of hydrogen-bond donors (Lipinski definition) is 2. The second kappa shape index (κ2) is 7.53. The van der Waals surface area contributed by atoms with Crippen LogP contribution in [0, 0.1) is 18.3 Å². The molecule has 0 radical (unpaired) electrons. The summed E-state index contributed by atoms with van der Waals surface area (Å²) >= 11 is 0. The lowest BCUT2D eigenvalue weighted by Crippen LogP contribution is -2.38. The van der Waals surface area contributed by atoms with Crippen molar-refractivity contribution < 1.29 is 0 Å². The molecular weight excluding hydrogens is 314 g/mol. The predicted molar refractivity (Wildman–Crippen MR) is 98.5 cm³/mol. The van der Waals surface area contributed by atoms with Gasteiger partial charge < -0.3 is 20.1 Å². The highest BCUT2D eigenvalue weighted by atomic mass is 15.2. The van der Waals surface area contributed by atoms with Gasteiger partial charge in [-0.3, -0.25) is 0 Å². The van der Waals surface area contributed by atoms with Crippen LogP contribution in [0.3, 0.4) is 0 Å². The summed E-state index contributed by atoms with van der Waals surface area (Å²) in [6.45, 7) is 4.75. The van der Waals surface area contributed by atoms with Gasteiger partial charge in [0.15, 0.2) is 0 Å². The van der Waals surface area contributed by atoms with Crippen molar-refractivity contribution in [3.05, 3.63) is 35.4 Å². The van der Waals surface area contributed by atoms with Gasteiger partial charge in [-0.25, -0.2) is 9.97 Å². The van der Waals surface area contributed by atoms with Crippen LogP contribution in [0.5, 0.6) is 0 Å². The number of nitriles is 1. The van der Waals surface area contributed by atoms with Crippen molar-refractivity contribution in [1.82, 2.24) is 19.9 Å². The van der Waals surface area contributed by atoms with Crippen LogP contribution in [0.4, 0.5) is 11.6 Å². The summed E-state index contributed by atoms with van der Waals surface area (Å²) in [5, 5.41) is 15.8. The summed E-state index contributed by atoms with van der Waals surface area (Å²) in [4.78, 5) is 11.0. The molecule has 132 valence electrons. The molecule has 2 N–H and O–H groups in total. The number of rotatable bonds is 6. The molecule has 0 aliphatic carbocycles. The average molecular weight is 339 g/mol. The van der Waals surface area contributed by atoms with E-state index in [9.17, 15) is 0 Å². The molecule has 25 heavy (non-hydrogen) atoms. The molecular formula is C18H25N7. The molecule has 0 saturated carbocycles. The fourth-order valence-electron chi connectivity index (χ4n) is 3.41. The highest BCUT2D eigenvalue weighted by Crippen LogP contribution is 2.24. The molecule has 1 atom stereocenters. The van der Waals surface area contributed by atoms with E-state index >= 15 is 0 Å². The first-order valence-corrected chi connectivity index (χ1v) is 8.66. The van der Waals surface area contributed by atoms with Crippen molar-refractivity contribution in [3.63, 3.8) is 0 Å². The van der Waals surface area contributed by atoms with Gasteiger partial charge in [0.25, 0.3) is 0 Å². The van der Waals surface area contributed by atoms with E-state index in [0.717, 1.165) is 43.4 Å². The van der Waals surface area contributed by atoms with Gasteiger partial charge in [0, 0.05) is 51.5 Å². The minimum Gasteiger partial charge on any atom is -0.373 e. The maximum Gasteiger partial charge on any atom is 0.134 e. The second-order valence-corrected chi connectivity index (χ2v) is 6.44. The molecule has 0 unspecified atom stereocenters. The number of nitrogens with zero attached hydrogens (tertiary/aromatic N) is 5. The highest BCUT2D eigenvalue weighted by Gasteiger charge is 2.25.